The van der Waals surface area contributed by atoms with E-state index in [1.54, 1.807) is 0 Å². The second-order valence-corrected chi connectivity index (χ2v) is 13.1. The molecular weight excluding hydrogens is 653 g/mol. The number of hydrogen-bond donors (Lipinski definition) is 4. The Labute approximate surface area is 249 Å². The first-order valence-electron chi connectivity index (χ1n) is 13.1. The normalized spacial score (nSPS) is 35.6. The maximum Gasteiger partial charge on any atom is 0.472 e. The summed E-state index contributed by atoms with van der Waals surface area (Å²) in [5.41, 5.74) is 5.14. The van der Waals surface area contributed by atoms with Gasteiger partial charge < -0.3 is 25.1 Å². The SMILES string of the molecule is Cc1nc2c(ncn2C2OC3COP(=O)(O)OC4C(CNS(=O)(=O)OC3C2F)OC(n2cnc3c(N)ncnc32)C4F)c(=O)[nH]1. The van der Waals surface area contributed by atoms with Crippen molar-refractivity contribution in [2.75, 3.05) is 18.9 Å². The van der Waals surface area contributed by atoms with E-state index in [1.807, 2.05) is 4.72 Å². The molecule has 3 aliphatic rings. The number of halogens is 2. The molecule has 0 saturated carbocycles. The number of nitrogens with zero attached hydrogens (tertiary/aromatic N) is 7. The molecule has 45 heavy (non-hydrogen) atoms. The topological polar surface area (TPSA) is 263 Å². The summed E-state index contributed by atoms with van der Waals surface area (Å²) < 4.78 is 102. The van der Waals surface area contributed by atoms with Crippen molar-refractivity contribution in [3.63, 3.8) is 0 Å². The van der Waals surface area contributed by atoms with Crippen molar-refractivity contribution in [3.05, 3.63) is 35.2 Å². The number of hydrogen-bond acceptors (Lipinski definition) is 15. The maximum atomic E-state index is 15.9. The van der Waals surface area contributed by atoms with E-state index in [0.717, 1.165) is 28.1 Å². The predicted octanol–water partition coefficient (Wildman–Crippen LogP) is -0.943. The van der Waals surface area contributed by atoms with Crippen LogP contribution in [-0.4, -0.2) is 102 Å². The Balaban J connectivity index is 1.17. The summed E-state index contributed by atoms with van der Waals surface area (Å²) in [7, 11) is -9.95. The van der Waals surface area contributed by atoms with Crippen molar-refractivity contribution in [2.45, 2.75) is 56.1 Å². The number of aryl methyl sites for hydroxylation is 1. The second-order valence-electron chi connectivity index (χ2n) is 10.3. The average Bonchev–Trinajstić information content (AvgIpc) is 3.72. The van der Waals surface area contributed by atoms with E-state index >= 15 is 8.78 Å². The molecule has 7 heterocycles. The van der Waals surface area contributed by atoms with Gasteiger partial charge in [0.2, 0.25) is 0 Å². The zero-order valence-electron chi connectivity index (χ0n) is 22.7. The summed E-state index contributed by atoms with van der Waals surface area (Å²) in [6.07, 6.45) is -11.3. The number of nitrogens with one attached hydrogen (secondary N) is 2. The van der Waals surface area contributed by atoms with Crippen molar-refractivity contribution in [1.29, 1.82) is 0 Å². The molecule has 24 heteroatoms. The van der Waals surface area contributed by atoms with Crippen molar-refractivity contribution in [3.8, 4) is 0 Å². The molecule has 0 bridgehead atoms. The minimum atomic E-state index is -5.14. The molecule has 3 aliphatic heterocycles. The van der Waals surface area contributed by atoms with E-state index in [0.29, 0.717) is 0 Å². The monoisotopic (exact) mass is 676 g/mol. The minimum Gasteiger partial charge on any atom is -0.382 e. The lowest BCUT2D eigenvalue weighted by atomic mass is 10.1. The van der Waals surface area contributed by atoms with Crippen LogP contribution < -0.4 is 16.0 Å². The average molecular weight is 677 g/mol. The molecular formula is C21H23F2N10O10PS. The van der Waals surface area contributed by atoms with Gasteiger partial charge in [0.1, 0.15) is 42.1 Å². The third-order valence-electron chi connectivity index (χ3n) is 7.38. The molecule has 5 N–H and O–H groups in total. The van der Waals surface area contributed by atoms with Crippen LogP contribution in [0.1, 0.15) is 18.3 Å². The van der Waals surface area contributed by atoms with Crippen LogP contribution in [0.4, 0.5) is 14.6 Å². The summed E-state index contributed by atoms with van der Waals surface area (Å²) in [6.45, 7) is -0.206. The molecule has 3 saturated heterocycles. The number of fused-ring (bicyclic) bond motifs is 4. The Morgan fingerprint density at radius 1 is 1.02 bits per heavy atom. The van der Waals surface area contributed by atoms with Crippen molar-refractivity contribution in [1.82, 2.24) is 43.8 Å². The number of nitrogen functional groups attached to an aromatic ring is 1. The largest absolute Gasteiger partial charge is 0.472 e. The maximum absolute atomic E-state index is 15.9. The number of aromatic nitrogens is 8. The molecule has 4 aromatic heterocycles. The molecule has 0 amide bonds. The van der Waals surface area contributed by atoms with Gasteiger partial charge in [-0.25, -0.2) is 42.4 Å². The fraction of sp³-hybridized carbons (Fsp3) is 0.524. The summed E-state index contributed by atoms with van der Waals surface area (Å²) >= 11 is 0. The molecule has 0 aromatic carbocycles. The number of alkyl halides is 2. The lowest BCUT2D eigenvalue weighted by Gasteiger charge is -2.26. The van der Waals surface area contributed by atoms with Gasteiger partial charge in [0.15, 0.2) is 47.4 Å². The molecule has 20 nitrogen and oxygen atoms in total. The first kappa shape index (κ1) is 30.1. The second kappa shape index (κ2) is 10.8. The molecule has 9 unspecified atom stereocenters. The molecule has 3 fully saturated rings. The Morgan fingerprint density at radius 2 is 1.69 bits per heavy atom. The van der Waals surface area contributed by atoms with Gasteiger partial charge >= 0.3 is 18.1 Å². The zero-order valence-corrected chi connectivity index (χ0v) is 24.4. The van der Waals surface area contributed by atoms with Gasteiger partial charge in [-0.15, -0.1) is 0 Å². The number of aromatic amines is 1. The molecule has 242 valence electrons. The number of anilines is 1. The summed E-state index contributed by atoms with van der Waals surface area (Å²) in [6, 6.07) is 0. The summed E-state index contributed by atoms with van der Waals surface area (Å²) in [5.74, 6) is 0.175. The van der Waals surface area contributed by atoms with Crippen LogP contribution in [0.2, 0.25) is 0 Å². The first-order valence-corrected chi connectivity index (χ1v) is 16.0. The molecule has 0 radical (unpaired) electrons. The number of phosphoric ester groups is 1. The van der Waals surface area contributed by atoms with E-state index < -0.39 is 86.1 Å². The van der Waals surface area contributed by atoms with Gasteiger partial charge in [0.05, 0.1) is 19.3 Å². The highest BCUT2D eigenvalue weighted by atomic mass is 32.2. The predicted molar refractivity (Wildman–Crippen MR) is 143 cm³/mol. The number of rotatable bonds is 2. The van der Waals surface area contributed by atoms with Crippen LogP contribution in [0.3, 0.4) is 0 Å². The van der Waals surface area contributed by atoms with E-state index in [-0.39, 0.29) is 34.0 Å². The molecule has 4 aromatic rings. The Hall–Kier alpha value is -3.54. The van der Waals surface area contributed by atoms with Crippen molar-refractivity contribution >= 4 is 46.3 Å². The fourth-order valence-corrected chi connectivity index (χ4v) is 7.28. The van der Waals surface area contributed by atoms with E-state index in [4.69, 9.17) is 28.4 Å². The highest BCUT2D eigenvalue weighted by Crippen LogP contribution is 2.50. The van der Waals surface area contributed by atoms with Crippen LogP contribution in [0.15, 0.2) is 23.8 Å². The van der Waals surface area contributed by atoms with Crippen LogP contribution >= 0.6 is 7.82 Å². The number of imidazole rings is 2. The smallest absolute Gasteiger partial charge is 0.382 e. The summed E-state index contributed by atoms with van der Waals surface area (Å²) in [5, 5.41) is 0. The standard InChI is InChI=1S/C21H23F2N10O10PS/c1-7-30-18-13(19(34)31-7)28-6-33(18)21-11(23)15-9(41-21)3-39-44(35,36)42-14-8(2-29-45(37,38)43-15)40-20(10(14)22)32-5-27-12-16(24)25-4-26-17(12)32/h4-6,8-11,14-15,20-21,29H,2-3H2,1H3,(H,35,36)(H2,24,25,26)(H,30,31,34). The summed E-state index contributed by atoms with van der Waals surface area (Å²) in [4.78, 5) is 45.1. The van der Waals surface area contributed by atoms with Crippen molar-refractivity contribution < 1.29 is 49.4 Å². The third-order valence-corrected chi connectivity index (χ3v) is 9.36. The highest BCUT2D eigenvalue weighted by molar-refractivity contribution is 7.84. The number of phosphoric acid groups is 1. The van der Waals surface area contributed by atoms with Gasteiger partial charge in [-0.1, -0.05) is 0 Å². The Bertz CT molecular complexity index is 2010. The van der Waals surface area contributed by atoms with Crippen LogP contribution in [-0.2, 0) is 37.6 Å². The van der Waals surface area contributed by atoms with E-state index in [9.17, 15) is 22.7 Å². The lowest BCUT2D eigenvalue weighted by molar-refractivity contribution is -0.0496. The lowest BCUT2D eigenvalue weighted by Crippen LogP contribution is -2.45. The Morgan fingerprint density at radius 3 is 2.44 bits per heavy atom. The highest BCUT2D eigenvalue weighted by Gasteiger charge is 2.54. The first-order chi connectivity index (χ1) is 21.3. The van der Waals surface area contributed by atoms with Gasteiger partial charge in [-0.3, -0.25) is 23.0 Å². The molecule has 0 spiro atoms. The molecule has 7 rings (SSSR count). The van der Waals surface area contributed by atoms with Crippen LogP contribution in [0.25, 0.3) is 22.3 Å². The molecule has 9 atom stereocenters. The van der Waals surface area contributed by atoms with Gasteiger partial charge in [0, 0.05) is 6.54 Å². The molecule has 0 aliphatic carbocycles. The van der Waals surface area contributed by atoms with Crippen LogP contribution in [0.5, 0.6) is 0 Å². The number of H-pyrrole nitrogens is 1. The van der Waals surface area contributed by atoms with Crippen LogP contribution in [0, 0.1) is 6.92 Å². The van der Waals surface area contributed by atoms with Crippen molar-refractivity contribution in [2.24, 2.45) is 0 Å². The number of nitrogens with two attached hydrogens (primary N) is 1. The van der Waals surface area contributed by atoms with Gasteiger partial charge in [0.25, 0.3) is 5.56 Å². The quantitative estimate of drug-likeness (QED) is 0.187. The van der Waals surface area contributed by atoms with Gasteiger partial charge in [-0.05, 0) is 6.92 Å². The van der Waals surface area contributed by atoms with E-state index in [1.165, 1.54) is 6.92 Å². The Kier molecular flexibility index (Phi) is 7.22. The fourth-order valence-electron chi connectivity index (χ4n) is 5.37. The zero-order chi connectivity index (χ0) is 31.8. The van der Waals surface area contributed by atoms with E-state index in [2.05, 4.69) is 29.9 Å². The third kappa shape index (κ3) is 5.28. The van der Waals surface area contributed by atoms with Gasteiger partial charge in [-0.2, -0.15) is 13.1 Å². The minimum absolute atomic E-state index is 0.00417. The number of ether oxygens (including phenoxy) is 2.